The Labute approximate surface area is 129 Å². The molecule has 0 radical (unpaired) electrons. The standard InChI is InChI=1S/C16H19N3O3/c1-12-10-14(18(2)17-12)16(22)19(11-15(20)21)9-8-13-6-4-3-5-7-13/h3-7,10H,8-9,11H2,1-2H3,(H,20,21). The topological polar surface area (TPSA) is 75.4 Å². The molecule has 6 heteroatoms. The van der Waals surface area contributed by atoms with Crippen molar-refractivity contribution >= 4 is 11.9 Å². The van der Waals surface area contributed by atoms with Gasteiger partial charge in [-0.3, -0.25) is 14.3 Å². The van der Waals surface area contributed by atoms with Gasteiger partial charge in [0.2, 0.25) is 0 Å². The molecule has 22 heavy (non-hydrogen) atoms. The summed E-state index contributed by atoms with van der Waals surface area (Å²) in [7, 11) is 1.68. The summed E-state index contributed by atoms with van der Waals surface area (Å²) in [6.45, 7) is 1.82. The minimum Gasteiger partial charge on any atom is -0.480 e. The second-order valence-electron chi connectivity index (χ2n) is 5.15. The van der Waals surface area contributed by atoms with Gasteiger partial charge < -0.3 is 10.0 Å². The number of rotatable bonds is 6. The molecule has 0 aliphatic carbocycles. The normalized spacial score (nSPS) is 10.5. The number of carbonyl (C=O) groups is 2. The number of aromatic nitrogens is 2. The molecule has 0 atom stereocenters. The molecule has 0 saturated heterocycles. The average Bonchev–Trinajstić information content (AvgIpc) is 2.82. The van der Waals surface area contributed by atoms with E-state index in [9.17, 15) is 9.59 Å². The first-order valence-corrected chi connectivity index (χ1v) is 7.03. The van der Waals surface area contributed by atoms with Gasteiger partial charge in [0, 0.05) is 13.6 Å². The van der Waals surface area contributed by atoms with Crippen LogP contribution in [0.5, 0.6) is 0 Å². The van der Waals surface area contributed by atoms with Gasteiger partial charge in [0.25, 0.3) is 5.91 Å². The van der Waals surface area contributed by atoms with Crippen LogP contribution in [0.15, 0.2) is 36.4 Å². The molecule has 0 unspecified atom stereocenters. The molecule has 0 bridgehead atoms. The zero-order valence-corrected chi connectivity index (χ0v) is 12.7. The fraction of sp³-hybridized carbons (Fsp3) is 0.312. The third-order valence-electron chi connectivity index (χ3n) is 3.35. The molecule has 6 nitrogen and oxygen atoms in total. The van der Waals surface area contributed by atoms with Gasteiger partial charge in [0.1, 0.15) is 12.2 Å². The van der Waals surface area contributed by atoms with E-state index in [4.69, 9.17) is 5.11 Å². The second-order valence-corrected chi connectivity index (χ2v) is 5.15. The summed E-state index contributed by atoms with van der Waals surface area (Å²) in [4.78, 5) is 24.9. The maximum absolute atomic E-state index is 12.5. The largest absolute Gasteiger partial charge is 0.480 e. The van der Waals surface area contributed by atoms with Crippen molar-refractivity contribution < 1.29 is 14.7 Å². The predicted octanol–water partition coefficient (Wildman–Crippen LogP) is 1.50. The minimum absolute atomic E-state index is 0.318. The first kappa shape index (κ1) is 15.8. The van der Waals surface area contributed by atoms with E-state index in [1.54, 1.807) is 20.0 Å². The number of aryl methyl sites for hydroxylation is 2. The maximum Gasteiger partial charge on any atom is 0.323 e. The molecule has 0 aliphatic heterocycles. The zero-order valence-electron chi connectivity index (χ0n) is 12.7. The van der Waals surface area contributed by atoms with Gasteiger partial charge >= 0.3 is 5.97 Å². The molecule has 0 spiro atoms. The van der Waals surface area contributed by atoms with Crippen LogP contribution in [0.4, 0.5) is 0 Å². The molecule has 1 aromatic carbocycles. The molecule has 0 fully saturated rings. The van der Waals surface area contributed by atoms with E-state index in [1.807, 2.05) is 30.3 Å². The Morgan fingerprint density at radius 3 is 2.50 bits per heavy atom. The van der Waals surface area contributed by atoms with Crippen LogP contribution < -0.4 is 0 Å². The van der Waals surface area contributed by atoms with E-state index < -0.39 is 5.97 Å². The van der Waals surface area contributed by atoms with Crippen molar-refractivity contribution in [1.82, 2.24) is 14.7 Å². The van der Waals surface area contributed by atoms with Crippen molar-refractivity contribution in [1.29, 1.82) is 0 Å². The highest BCUT2D eigenvalue weighted by atomic mass is 16.4. The fourth-order valence-electron chi connectivity index (χ4n) is 2.30. The van der Waals surface area contributed by atoms with Gasteiger partial charge in [-0.25, -0.2) is 0 Å². The monoisotopic (exact) mass is 301 g/mol. The molecule has 1 aromatic heterocycles. The summed E-state index contributed by atoms with van der Waals surface area (Å²) < 4.78 is 1.48. The lowest BCUT2D eigenvalue weighted by atomic mass is 10.1. The molecule has 1 heterocycles. The molecular weight excluding hydrogens is 282 g/mol. The molecule has 0 aliphatic rings. The van der Waals surface area contributed by atoms with Crippen LogP contribution in [0, 0.1) is 6.92 Å². The van der Waals surface area contributed by atoms with E-state index in [0.717, 1.165) is 11.3 Å². The summed E-state index contributed by atoms with van der Waals surface area (Å²) in [5, 5.41) is 13.2. The highest BCUT2D eigenvalue weighted by Gasteiger charge is 2.21. The van der Waals surface area contributed by atoms with Crippen molar-refractivity contribution in [2.45, 2.75) is 13.3 Å². The maximum atomic E-state index is 12.5. The van der Waals surface area contributed by atoms with Gasteiger partial charge in [-0.05, 0) is 25.0 Å². The summed E-state index contributed by atoms with van der Waals surface area (Å²) in [5.41, 5.74) is 2.18. The van der Waals surface area contributed by atoms with Gasteiger partial charge in [0.15, 0.2) is 0 Å². The molecule has 0 saturated carbocycles. The molecule has 2 aromatic rings. The van der Waals surface area contributed by atoms with Gasteiger partial charge in [-0.1, -0.05) is 30.3 Å². The van der Waals surface area contributed by atoms with Gasteiger partial charge in [-0.2, -0.15) is 5.10 Å². The van der Waals surface area contributed by atoms with Crippen molar-refractivity contribution in [3.8, 4) is 0 Å². The Hall–Kier alpha value is -2.63. The van der Waals surface area contributed by atoms with E-state index in [1.165, 1.54) is 9.58 Å². The Bertz CT molecular complexity index is 665. The van der Waals surface area contributed by atoms with E-state index in [0.29, 0.717) is 18.7 Å². The van der Waals surface area contributed by atoms with Crippen molar-refractivity contribution in [3.05, 3.63) is 53.3 Å². The van der Waals surface area contributed by atoms with Crippen LogP contribution in [0.3, 0.4) is 0 Å². The van der Waals surface area contributed by atoms with Crippen molar-refractivity contribution in [3.63, 3.8) is 0 Å². The summed E-state index contributed by atoms with van der Waals surface area (Å²) in [6.07, 6.45) is 0.608. The Morgan fingerprint density at radius 2 is 1.95 bits per heavy atom. The predicted molar refractivity (Wildman–Crippen MR) is 81.6 cm³/mol. The minimum atomic E-state index is -1.03. The number of hydrogen-bond acceptors (Lipinski definition) is 3. The lowest BCUT2D eigenvalue weighted by molar-refractivity contribution is -0.137. The highest BCUT2D eigenvalue weighted by molar-refractivity contribution is 5.94. The number of amides is 1. The van der Waals surface area contributed by atoms with Gasteiger partial charge in [0.05, 0.1) is 5.69 Å². The lowest BCUT2D eigenvalue weighted by Gasteiger charge is -2.20. The number of carboxylic acids is 1. The number of nitrogens with zero attached hydrogens (tertiary/aromatic N) is 3. The lowest BCUT2D eigenvalue weighted by Crippen LogP contribution is -2.38. The Balaban J connectivity index is 2.13. The van der Waals surface area contributed by atoms with Gasteiger partial charge in [-0.15, -0.1) is 0 Å². The Kier molecular flexibility index (Phi) is 4.93. The number of benzene rings is 1. The number of hydrogen-bond donors (Lipinski definition) is 1. The SMILES string of the molecule is Cc1cc(C(=O)N(CCc2ccccc2)CC(=O)O)n(C)n1. The van der Waals surface area contributed by atoms with Crippen LogP contribution in [-0.4, -0.2) is 44.8 Å². The number of carboxylic acid groups (broad SMARTS) is 1. The smallest absolute Gasteiger partial charge is 0.323 e. The van der Waals surface area contributed by atoms with Crippen LogP contribution in [-0.2, 0) is 18.3 Å². The van der Waals surface area contributed by atoms with Crippen molar-refractivity contribution in [2.75, 3.05) is 13.1 Å². The molecule has 116 valence electrons. The van der Waals surface area contributed by atoms with E-state index >= 15 is 0 Å². The summed E-state index contributed by atoms with van der Waals surface area (Å²) >= 11 is 0. The fourth-order valence-corrected chi connectivity index (χ4v) is 2.30. The molecule has 2 rings (SSSR count). The third kappa shape index (κ3) is 3.94. The van der Waals surface area contributed by atoms with E-state index in [2.05, 4.69) is 5.10 Å². The highest BCUT2D eigenvalue weighted by Crippen LogP contribution is 2.08. The number of aliphatic carboxylic acids is 1. The van der Waals surface area contributed by atoms with Crippen LogP contribution in [0.25, 0.3) is 0 Å². The molecular formula is C16H19N3O3. The van der Waals surface area contributed by atoms with Crippen LogP contribution in [0.1, 0.15) is 21.7 Å². The Morgan fingerprint density at radius 1 is 1.27 bits per heavy atom. The van der Waals surface area contributed by atoms with Crippen molar-refractivity contribution in [2.24, 2.45) is 7.05 Å². The summed E-state index contributed by atoms with van der Waals surface area (Å²) in [6, 6.07) is 11.3. The van der Waals surface area contributed by atoms with E-state index in [-0.39, 0.29) is 12.5 Å². The zero-order chi connectivity index (χ0) is 16.1. The third-order valence-corrected chi connectivity index (χ3v) is 3.35. The average molecular weight is 301 g/mol. The molecule has 1 N–H and O–H groups in total. The van der Waals surface area contributed by atoms with Crippen LogP contribution >= 0.6 is 0 Å². The number of carbonyl (C=O) groups excluding carboxylic acids is 1. The second kappa shape index (κ2) is 6.89. The first-order valence-electron chi connectivity index (χ1n) is 7.03. The summed E-state index contributed by atoms with van der Waals surface area (Å²) in [5.74, 6) is -1.35. The molecule has 1 amide bonds. The first-order chi connectivity index (χ1) is 10.5. The quantitative estimate of drug-likeness (QED) is 0.877. The van der Waals surface area contributed by atoms with Crippen LogP contribution in [0.2, 0.25) is 0 Å².